The third kappa shape index (κ3) is 2.59. The monoisotopic (exact) mass is 326 g/mol. The predicted molar refractivity (Wildman–Crippen MR) is 85.9 cm³/mol. The zero-order valence-electron chi connectivity index (χ0n) is 11.7. The number of aromatic nitrogens is 2. The van der Waals surface area contributed by atoms with E-state index in [0.717, 1.165) is 4.70 Å². The summed E-state index contributed by atoms with van der Waals surface area (Å²) >= 11 is 1.28. The highest BCUT2D eigenvalue weighted by atomic mass is 32.1. The molecule has 0 saturated heterocycles. The van der Waals surface area contributed by atoms with Gasteiger partial charge >= 0.3 is 0 Å². The van der Waals surface area contributed by atoms with E-state index in [1.807, 2.05) is 6.07 Å². The van der Waals surface area contributed by atoms with E-state index in [1.165, 1.54) is 11.5 Å². The third-order valence-corrected chi connectivity index (χ3v) is 4.09. The van der Waals surface area contributed by atoms with Gasteiger partial charge in [-0.2, -0.15) is 0 Å². The SMILES string of the molecule is O=C1COc2cc(NC(=O)c3ccc4snnc4c3)ccc2N1. The normalized spacial score (nSPS) is 13.1. The molecule has 1 aliphatic heterocycles. The minimum Gasteiger partial charge on any atom is -0.482 e. The standard InChI is InChI=1S/C15H10N4O3S/c20-14-7-22-12-6-9(2-3-10(12)17-14)16-15(21)8-1-4-13-11(5-8)18-19-23-13/h1-6H,7H2,(H,16,21)(H,17,20). The van der Waals surface area contributed by atoms with Gasteiger partial charge < -0.3 is 15.4 Å². The first-order chi connectivity index (χ1) is 11.2. The molecule has 23 heavy (non-hydrogen) atoms. The lowest BCUT2D eigenvalue weighted by Crippen LogP contribution is -2.25. The van der Waals surface area contributed by atoms with Gasteiger partial charge in [-0.1, -0.05) is 4.49 Å². The fraction of sp³-hybridized carbons (Fsp3) is 0.0667. The van der Waals surface area contributed by atoms with Gasteiger partial charge in [0.15, 0.2) is 6.61 Å². The zero-order chi connectivity index (χ0) is 15.8. The fourth-order valence-corrected chi connectivity index (χ4v) is 2.82. The summed E-state index contributed by atoms with van der Waals surface area (Å²) in [5, 5.41) is 9.46. The number of carbonyl (C=O) groups excluding carboxylic acids is 2. The first-order valence-electron chi connectivity index (χ1n) is 6.79. The quantitative estimate of drug-likeness (QED) is 0.753. The van der Waals surface area contributed by atoms with Crippen LogP contribution in [0.5, 0.6) is 5.75 Å². The largest absolute Gasteiger partial charge is 0.482 e. The summed E-state index contributed by atoms with van der Waals surface area (Å²) in [4.78, 5) is 23.6. The summed E-state index contributed by atoms with van der Waals surface area (Å²) < 4.78 is 10.1. The summed E-state index contributed by atoms with van der Waals surface area (Å²) in [6.45, 7) is -0.0299. The van der Waals surface area contributed by atoms with E-state index in [0.29, 0.717) is 28.2 Å². The average Bonchev–Trinajstić information content (AvgIpc) is 3.02. The van der Waals surface area contributed by atoms with Crippen molar-refractivity contribution in [1.29, 1.82) is 0 Å². The van der Waals surface area contributed by atoms with Gasteiger partial charge in [0.25, 0.3) is 11.8 Å². The summed E-state index contributed by atoms with van der Waals surface area (Å²) in [5.74, 6) is 0.0840. The number of hydrogen-bond donors (Lipinski definition) is 2. The van der Waals surface area contributed by atoms with E-state index < -0.39 is 0 Å². The van der Waals surface area contributed by atoms with Gasteiger partial charge in [0.2, 0.25) is 0 Å². The van der Waals surface area contributed by atoms with E-state index in [4.69, 9.17) is 4.74 Å². The molecule has 0 saturated carbocycles. The van der Waals surface area contributed by atoms with Crippen LogP contribution in [-0.4, -0.2) is 28.0 Å². The number of benzene rings is 2. The average molecular weight is 326 g/mol. The Morgan fingerprint density at radius 1 is 1.26 bits per heavy atom. The second-order valence-corrected chi connectivity index (χ2v) is 5.74. The molecule has 2 amide bonds. The van der Waals surface area contributed by atoms with E-state index in [-0.39, 0.29) is 18.4 Å². The van der Waals surface area contributed by atoms with Crippen molar-refractivity contribution in [3.63, 3.8) is 0 Å². The number of ether oxygens (including phenoxy) is 1. The number of fused-ring (bicyclic) bond motifs is 2. The molecule has 1 aromatic heterocycles. The van der Waals surface area contributed by atoms with Crippen molar-refractivity contribution >= 4 is 44.9 Å². The van der Waals surface area contributed by atoms with Crippen LogP contribution in [0.4, 0.5) is 11.4 Å². The maximum Gasteiger partial charge on any atom is 0.262 e. The lowest BCUT2D eigenvalue weighted by atomic mass is 10.2. The number of nitrogens with zero attached hydrogens (tertiary/aromatic N) is 2. The van der Waals surface area contributed by atoms with Crippen molar-refractivity contribution in [1.82, 2.24) is 9.59 Å². The van der Waals surface area contributed by atoms with Gasteiger partial charge in [-0.25, -0.2) is 0 Å². The minimum absolute atomic E-state index is 0.0299. The van der Waals surface area contributed by atoms with Crippen molar-refractivity contribution in [2.75, 3.05) is 17.2 Å². The highest BCUT2D eigenvalue weighted by Crippen LogP contribution is 2.30. The zero-order valence-corrected chi connectivity index (χ0v) is 12.5. The smallest absolute Gasteiger partial charge is 0.262 e. The Morgan fingerprint density at radius 3 is 3.09 bits per heavy atom. The molecular formula is C15H10N4O3S. The molecule has 7 nitrogen and oxygen atoms in total. The molecule has 0 unspecified atom stereocenters. The van der Waals surface area contributed by atoms with Crippen molar-refractivity contribution in [2.24, 2.45) is 0 Å². The molecule has 4 rings (SSSR count). The molecule has 0 bridgehead atoms. The van der Waals surface area contributed by atoms with E-state index in [2.05, 4.69) is 20.2 Å². The van der Waals surface area contributed by atoms with Crippen LogP contribution < -0.4 is 15.4 Å². The molecule has 0 spiro atoms. The van der Waals surface area contributed by atoms with Gasteiger partial charge in [0.05, 0.1) is 10.4 Å². The van der Waals surface area contributed by atoms with Crippen LogP contribution in [0.25, 0.3) is 10.2 Å². The van der Waals surface area contributed by atoms with Gasteiger partial charge in [-0.15, -0.1) is 5.10 Å². The Balaban J connectivity index is 1.57. The number of hydrogen-bond acceptors (Lipinski definition) is 6. The number of anilines is 2. The second kappa shape index (κ2) is 5.33. The van der Waals surface area contributed by atoms with Gasteiger partial charge in [-0.3, -0.25) is 9.59 Å². The van der Waals surface area contributed by atoms with Crippen LogP contribution >= 0.6 is 11.5 Å². The Labute approximate surface area is 134 Å². The first kappa shape index (κ1) is 13.6. The second-order valence-electron chi connectivity index (χ2n) is 4.96. The number of rotatable bonds is 2. The van der Waals surface area contributed by atoms with Crippen LogP contribution in [0.15, 0.2) is 36.4 Å². The van der Waals surface area contributed by atoms with E-state index in [9.17, 15) is 9.59 Å². The maximum absolute atomic E-state index is 12.3. The fourth-order valence-electron chi connectivity index (χ4n) is 2.28. The number of nitrogens with one attached hydrogen (secondary N) is 2. The maximum atomic E-state index is 12.3. The molecule has 0 fully saturated rings. The molecule has 0 atom stereocenters. The molecule has 0 radical (unpaired) electrons. The van der Waals surface area contributed by atoms with Crippen LogP contribution in [0.1, 0.15) is 10.4 Å². The van der Waals surface area contributed by atoms with Crippen molar-refractivity contribution in [2.45, 2.75) is 0 Å². The third-order valence-electron chi connectivity index (χ3n) is 3.38. The molecule has 3 aromatic rings. The highest BCUT2D eigenvalue weighted by molar-refractivity contribution is 7.12. The summed E-state index contributed by atoms with van der Waals surface area (Å²) in [6, 6.07) is 10.3. The molecular weight excluding hydrogens is 316 g/mol. The van der Waals surface area contributed by atoms with E-state index in [1.54, 1.807) is 30.3 Å². The molecule has 1 aliphatic rings. The lowest BCUT2D eigenvalue weighted by Gasteiger charge is -2.18. The minimum atomic E-state index is -0.250. The predicted octanol–water partition coefficient (Wildman–Crippen LogP) is 2.27. The van der Waals surface area contributed by atoms with Gasteiger partial charge in [0, 0.05) is 17.3 Å². The van der Waals surface area contributed by atoms with Crippen molar-refractivity contribution in [3.05, 3.63) is 42.0 Å². The number of carbonyl (C=O) groups is 2. The van der Waals surface area contributed by atoms with Crippen LogP contribution in [0.3, 0.4) is 0 Å². The Morgan fingerprint density at radius 2 is 2.17 bits per heavy atom. The molecule has 0 aliphatic carbocycles. The van der Waals surface area contributed by atoms with Crippen molar-refractivity contribution in [3.8, 4) is 5.75 Å². The van der Waals surface area contributed by atoms with Crippen LogP contribution in [0, 0.1) is 0 Å². The van der Waals surface area contributed by atoms with Crippen molar-refractivity contribution < 1.29 is 14.3 Å². The Kier molecular flexibility index (Phi) is 3.16. The number of amides is 2. The van der Waals surface area contributed by atoms with Crippen LogP contribution in [-0.2, 0) is 4.79 Å². The molecule has 2 heterocycles. The summed E-state index contributed by atoms with van der Waals surface area (Å²) in [5.41, 5.74) is 2.37. The van der Waals surface area contributed by atoms with Crippen LogP contribution in [0.2, 0.25) is 0 Å². The first-order valence-corrected chi connectivity index (χ1v) is 7.56. The highest BCUT2D eigenvalue weighted by Gasteiger charge is 2.17. The molecule has 2 N–H and O–H groups in total. The Bertz CT molecular complexity index is 937. The molecule has 2 aromatic carbocycles. The Hall–Kier alpha value is -3.00. The van der Waals surface area contributed by atoms with Gasteiger partial charge in [-0.05, 0) is 41.9 Å². The lowest BCUT2D eigenvalue weighted by molar-refractivity contribution is -0.118. The molecule has 114 valence electrons. The van der Waals surface area contributed by atoms with Gasteiger partial charge in [0.1, 0.15) is 11.3 Å². The van der Waals surface area contributed by atoms with E-state index >= 15 is 0 Å². The summed E-state index contributed by atoms with van der Waals surface area (Å²) in [7, 11) is 0. The topological polar surface area (TPSA) is 93.2 Å². The molecule has 8 heteroatoms. The summed E-state index contributed by atoms with van der Waals surface area (Å²) in [6.07, 6.45) is 0.